The van der Waals surface area contributed by atoms with Crippen LogP contribution in [0.15, 0.2) is 18.2 Å². The third kappa shape index (κ3) is 5.55. The Morgan fingerprint density at radius 2 is 2.25 bits per heavy atom. The summed E-state index contributed by atoms with van der Waals surface area (Å²) in [6, 6.07) is 5.60. The summed E-state index contributed by atoms with van der Waals surface area (Å²) in [5, 5.41) is 2.83. The zero-order chi connectivity index (χ0) is 15.0. The number of anilines is 1. The molecule has 1 atom stereocenters. The second-order valence-electron chi connectivity index (χ2n) is 4.36. The summed E-state index contributed by atoms with van der Waals surface area (Å²) in [6.45, 7) is 2.42. The number of benzene rings is 1. The van der Waals surface area contributed by atoms with E-state index in [1.807, 2.05) is 25.1 Å². The van der Waals surface area contributed by atoms with Crippen LogP contribution in [0.1, 0.15) is 17.5 Å². The van der Waals surface area contributed by atoms with Gasteiger partial charge in [0.1, 0.15) is 6.61 Å². The molecule has 1 N–H and O–H groups in total. The number of nitrogens with one attached hydrogen (secondary N) is 1. The van der Waals surface area contributed by atoms with E-state index in [2.05, 4.69) is 11.2 Å². The Hall–Kier alpha value is -1.64. The third-order valence-electron chi connectivity index (χ3n) is 2.74. The van der Waals surface area contributed by atoms with Crippen LogP contribution in [0, 0.1) is 19.3 Å². The molecular weight excluding hydrogens is 274 g/mol. The van der Waals surface area contributed by atoms with E-state index < -0.39 is 10.8 Å². The molecule has 0 aliphatic rings. The van der Waals surface area contributed by atoms with Gasteiger partial charge in [-0.3, -0.25) is 9.00 Å². The maximum Gasteiger partial charge on any atom is 0.226 e. The number of ether oxygens (including phenoxy) is 1. The van der Waals surface area contributed by atoms with E-state index in [4.69, 9.17) is 11.2 Å². The Bertz CT molecular complexity index is 534. The van der Waals surface area contributed by atoms with Crippen LogP contribution in [-0.2, 0) is 26.1 Å². The van der Waals surface area contributed by atoms with E-state index in [-0.39, 0.29) is 18.9 Å². The van der Waals surface area contributed by atoms with E-state index in [1.54, 1.807) is 6.26 Å². The predicted molar refractivity (Wildman–Crippen MR) is 81.8 cm³/mol. The van der Waals surface area contributed by atoms with Gasteiger partial charge in [0.05, 0.1) is 13.0 Å². The molecule has 1 rings (SSSR count). The van der Waals surface area contributed by atoms with Gasteiger partial charge in [-0.25, -0.2) is 0 Å². The van der Waals surface area contributed by atoms with Crippen molar-refractivity contribution < 1.29 is 13.7 Å². The summed E-state index contributed by atoms with van der Waals surface area (Å²) in [5.74, 6) is 2.70. The van der Waals surface area contributed by atoms with Gasteiger partial charge in [-0.15, -0.1) is 6.42 Å². The molecule has 0 spiro atoms. The first-order valence-electron chi connectivity index (χ1n) is 6.24. The molecule has 0 radical (unpaired) electrons. The Morgan fingerprint density at radius 1 is 1.50 bits per heavy atom. The van der Waals surface area contributed by atoms with Crippen molar-refractivity contribution in [1.29, 1.82) is 0 Å². The van der Waals surface area contributed by atoms with Gasteiger partial charge in [0.25, 0.3) is 0 Å². The fourth-order valence-corrected chi connectivity index (χ4v) is 2.45. The Balaban J connectivity index is 2.61. The summed E-state index contributed by atoms with van der Waals surface area (Å²) >= 11 is 0. The van der Waals surface area contributed by atoms with Gasteiger partial charge >= 0.3 is 0 Å². The Kier molecular flexibility index (Phi) is 6.99. The van der Waals surface area contributed by atoms with Crippen LogP contribution in [0.5, 0.6) is 0 Å². The van der Waals surface area contributed by atoms with Crippen LogP contribution in [-0.4, -0.2) is 29.6 Å². The quantitative estimate of drug-likeness (QED) is 0.616. The number of carbonyl (C=O) groups is 1. The minimum atomic E-state index is -0.906. The van der Waals surface area contributed by atoms with Crippen molar-refractivity contribution in [2.75, 3.05) is 24.8 Å². The lowest BCUT2D eigenvalue weighted by Crippen LogP contribution is -2.15. The highest BCUT2D eigenvalue weighted by atomic mass is 32.2. The second kappa shape index (κ2) is 8.51. The highest BCUT2D eigenvalue weighted by Gasteiger charge is 2.08. The number of rotatable bonds is 7. The van der Waals surface area contributed by atoms with Crippen molar-refractivity contribution in [2.45, 2.75) is 19.1 Å². The average molecular weight is 293 g/mol. The average Bonchev–Trinajstić information content (AvgIpc) is 2.39. The normalized spacial score (nSPS) is 11.7. The molecule has 1 aromatic rings. The molecular formula is C15H19NO3S. The molecule has 5 heteroatoms. The molecule has 0 aromatic heterocycles. The van der Waals surface area contributed by atoms with E-state index in [0.29, 0.717) is 12.4 Å². The molecule has 108 valence electrons. The molecule has 1 amide bonds. The molecule has 4 nitrogen and oxygen atoms in total. The van der Waals surface area contributed by atoms with E-state index in [0.717, 1.165) is 16.8 Å². The molecule has 0 aliphatic heterocycles. The lowest BCUT2D eigenvalue weighted by molar-refractivity contribution is -0.117. The van der Waals surface area contributed by atoms with E-state index >= 15 is 0 Å². The fraction of sp³-hybridized carbons (Fsp3) is 0.400. The standard InChI is InChI=1S/C15H19NO3S/c1-4-9-19-10-8-15(17)16-14-7-5-6-13(12(14)2)11-20(3)18/h1,5-7H,8-11H2,2-3H3,(H,16,17)/t20-/m1/s1. The van der Waals surface area contributed by atoms with E-state index in [9.17, 15) is 9.00 Å². The van der Waals surface area contributed by atoms with Crippen molar-refractivity contribution in [1.82, 2.24) is 0 Å². The summed E-state index contributed by atoms with van der Waals surface area (Å²) < 4.78 is 16.4. The van der Waals surface area contributed by atoms with Crippen molar-refractivity contribution in [2.24, 2.45) is 0 Å². The minimum Gasteiger partial charge on any atom is -0.368 e. The number of hydrogen-bond donors (Lipinski definition) is 1. The Labute approximate surface area is 122 Å². The number of carbonyl (C=O) groups excluding carboxylic acids is 1. The monoisotopic (exact) mass is 293 g/mol. The van der Waals surface area contributed by atoms with Crippen LogP contribution in [0.2, 0.25) is 0 Å². The first kappa shape index (κ1) is 16.4. The van der Waals surface area contributed by atoms with Gasteiger partial charge in [-0.2, -0.15) is 0 Å². The molecule has 0 fully saturated rings. The number of terminal acetylenes is 1. The summed E-state index contributed by atoms with van der Waals surface area (Å²) in [5.41, 5.74) is 2.67. The lowest BCUT2D eigenvalue weighted by Gasteiger charge is -2.12. The van der Waals surface area contributed by atoms with Crippen molar-refractivity contribution in [3.05, 3.63) is 29.3 Å². The van der Waals surface area contributed by atoms with Crippen LogP contribution in [0.3, 0.4) is 0 Å². The van der Waals surface area contributed by atoms with Gasteiger partial charge in [0.15, 0.2) is 0 Å². The molecule has 0 bridgehead atoms. The molecule has 0 heterocycles. The SMILES string of the molecule is C#CCOCCC(=O)Nc1cccc(C[S@@](C)=O)c1C. The van der Waals surface area contributed by atoms with Gasteiger partial charge in [-0.05, 0) is 24.1 Å². The fourth-order valence-electron chi connectivity index (χ4n) is 1.70. The first-order valence-corrected chi connectivity index (χ1v) is 7.97. The first-order chi connectivity index (χ1) is 9.54. The van der Waals surface area contributed by atoms with Crippen LogP contribution in [0.25, 0.3) is 0 Å². The van der Waals surface area contributed by atoms with Gasteiger partial charge in [0.2, 0.25) is 5.91 Å². The lowest BCUT2D eigenvalue weighted by atomic mass is 10.1. The van der Waals surface area contributed by atoms with Gasteiger partial charge < -0.3 is 10.1 Å². The largest absolute Gasteiger partial charge is 0.368 e. The van der Waals surface area contributed by atoms with Crippen molar-refractivity contribution in [3.63, 3.8) is 0 Å². The molecule has 0 saturated carbocycles. The molecule has 1 aromatic carbocycles. The van der Waals surface area contributed by atoms with Crippen molar-refractivity contribution >= 4 is 22.4 Å². The van der Waals surface area contributed by atoms with E-state index in [1.165, 1.54) is 0 Å². The number of amides is 1. The second-order valence-corrected chi connectivity index (χ2v) is 5.80. The number of hydrogen-bond acceptors (Lipinski definition) is 3. The Morgan fingerprint density at radius 3 is 2.90 bits per heavy atom. The molecule has 0 aliphatic carbocycles. The predicted octanol–water partition coefficient (Wildman–Crippen LogP) is 1.85. The maximum atomic E-state index is 11.8. The van der Waals surface area contributed by atoms with Gasteiger partial charge in [0, 0.05) is 28.5 Å². The summed E-state index contributed by atoms with van der Waals surface area (Å²) in [4.78, 5) is 11.8. The van der Waals surface area contributed by atoms with Crippen LogP contribution in [0.4, 0.5) is 5.69 Å². The highest BCUT2D eigenvalue weighted by molar-refractivity contribution is 7.83. The third-order valence-corrected chi connectivity index (χ3v) is 3.46. The van der Waals surface area contributed by atoms with Crippen LogP contribution < -0.4 is 5.32 Å². The summed E-state index contributed by atoms with van der Waals surface area (Å²) in [6.07, 6.45) is 6.96. The molecule has 0 unspecified atom stereocenters. The van der Waals surface area contributed by atoms with Crippen molar-refractivity contribution in [3.8, 4) is 12.3 Å². The topological polar surface area (TPSA) is 55.4 Å². The zero-order valence-corrected chi connectivity index (χ0v) is 12.6. The maximum absolute atomic E-state index is 11.8. The summed E-state index contributed by atoms with van der Waals surface area (Å²) in [7, 11) is -0.906. The smallest absolute Gasteiger partial charge is 0.226 e. The molecule has 20 heavy (non-hydrogen) atoms. The minimum absolute atomic E-state index is 0.125. The molecule has 0 saturated heterocycles. The highest BCUT2D eigenvalue weighted by Crippen LogP contribution is 2.20. The van der Waals surface area contributed by atoms with Gasteiger partial charge in [-0.1, -0.05) is 18.1 Å². The van der Waals surface area contributed by atoms with Crippen LogP contribution >= 0.6 is 0 Å². The zero-order valence-electron chi connectivity index (χ0n) is 11.8.